The Morgan fingerprint density at radius 2 is 1.92 bits per heavy atom. The summed E-state index contributed by atoms with van der Waals surface area (Å²) in [5.41, 5.74) is 1.60. The van der Waals surface area contributed by atoms with Crippen molar-refractivity contribution < 1.29 is 19.0 Å². The predicted molar refractivity (Wildman–Crippen MR) is 92.3 cm³/mol. The van der Waals surface area contributed by atoms with Crippen molar-refractivity contribution in [3.05, 3.63) is 52.8 Å². The molecule has 0 saturated heterocycles. The highest BCUT2D eigenvalue weighted by Crippen LogP contribution is 2.29. The Hall–Kier alpha value is -2.84. The molecule has 25 heavy (non-hydrogen) atoms. The summed E-state index contributed by atoms with van der Waals surface area (Å²) in [5, 5.41) is 11.2. The molecular weight excluding hydrogens is 327 g/mol. The number of rotatable bonds is 4. The smallest absolute Gasteiger partial charge is 0.352 e. The number of halogens is 1. The van der Waals surface area contributed by atoms with Crippen molar-refractivity contribution in [1.82, 2.24) is 5.01 Å². The number of phenols is 1. The number of nitrogens with zero attached hydrogens (tertiary/aromatic N) is 2. The molecule has 0 unspecified atom stereocenters. The third-order valence-corrected chi connectivity index (χ3v) is 3.73. The monoisotopic (exact) mass is 348 g/mol. The molecule has 0 fully saturated rings. The van der Waals surface area contributed by atoms with Crippen molar-refractivity contribution in [2.75, 3.05) is 12.1 Å². The third kappa shape index (κ3) is 3.98. The van der Waals surface area contributed by atoms with E-state index in [4.69, 9.17) is 16.4 Å². The van der Waals surface area contributed by atoms with E-state index in [1.54, 1.807) is 26.0 Å². The van der Waals surface area contributed by atoms with Crippen LogP contribution in [0.25, 0.3) is 0 Å². The van der Waals surface area contributed by atoms with Gasteiger partial charge in [0.2, 0.25) is 0 Å². The van der Waals surface area contributed by atoms with Gasteiger partial charge < -0.3 is 9.84 Å². The molecule has 2 rings (SSSR count). The van der Waals surface area contributed by atoms with E-state index >= 15 is 0 Å². The number of amides is 2. The van der Waals surface area contributed by atoms with E-state index in [1.807, 2.05) is 0 Å². The average molecular weight is 348 g/mol. The number of carbonyl (C=O) groups excluding carboxylic acids is 1. The topological polar surface area (TPSA) is 105 Å². The molecule has 0 saturated carbocycles. The fraction of sp³-hybridized carbons (Fsp3) is 0.235. The zero-order chi connectivity index (χ0) is 18.7. The number of aryl methyl sites for hydroxylation is 2. The minimum atomic E-state index is -0.705. The number of hydrogen-bond acceptors (Lipinski definition) is 5. The number of carbonyl (C=O) groups is 1. The molecule has 0 radical (unpaired) electrons. The van der Waals surface area contributed by atoms with Gasteiger partial charge in [0.25, 0.3) is 0 Å². The summed E-state index contributed by atoms with van der Waals surface area (Å²) in [6.45, 7) is 3.34. The van der Waals surface area contributed by atoms with Crippen LogP contribution in [0.5, 0.6) is 11.5 Å². The zero-order valence-electron chi connectivity index (χ0n) is 14.3. The van der Waals surface area contributed by atoms with Crippen LogP contribution in [0.15, 0.2) is 30.3 Å². The average Bonchev–Trinajstić information content (AvgIpc) is 2.56. The Morgan fingerprint density at radius 3 is 2.56 bits per heavy atom. The van der Waals surface area contributed by atoms with Gasteiger partial charge in [0.15, 0.2) is 0 Å². The fourth-order valence-electron chi connectivity index (χ4n) is 2.27. The Kier molecular flexibility index (Phi) is 5.45. The lowest BCUT2D eigenvalue weighted by atomic mass is 10.1. The first-order chi connectivity index (χ1) is 11.7. The molecule has 8 heteroatoms. The van der Waals surface area contributed by atoms with E-state index in [2.05, 4.69) is 0 Å². The summed E-state index contributed by atoms with van der Waals surface area (Å²) in [7, 11) is 1.33. The number of nitrogens with two attached hydrogens (primary N) is 2. The highest BCUT2D eigenvalue weighted by Gasteiger charge is 2.20. The van der Waals surface area contributed by atoms with E-state index in [-0.39, 0.29) is 23.6 Å². The van der Waals surface area contributed by atoms with Gasteiger partial charge >= 0.3 is 6.03 Å². The maximum Gasteiger partial charge on any atom is 0.352 e. The number of anilines is 1. The van der Waals surface area contributed by atoms with Crippen LogP contribution in [-0.2, 0) is 6.61 Å². The fourth-order valence-corrected chi connectivity index (χ4v) is 2.27. The summed E-state index contributed by atoms with van der Waals surface area (Å²) in [6, 6.07) is 6.70. The van der Waals surface area contributed by atoms with Crippen molar-refractivity contribution in [3.8, 4) is 11.5 Å². The van der Waals surface area contributed by atoms with Gasteiger partial charge in [0.05, 0.1) is 11.3 Å². The first-order valence-electron chi connectivity index (χ1n) is 7.50. The van der Waals surface area contributed by atoms with Crippen LogP contribution < -0.4 is 21.4 Å². The number of benzene rings is 2. The first kappa shape index (κ1) is 18.5. The van der Waals surface area contributed by atoms with Crippen molar-refractivity contribution in [3.63, 3.8) is 0 Å². The molecule has 7 nitrogen and oxygen atoms in total. The summed E-state index contributed by atoms with van der Waals surface area (Å²) in [6.07, 6.45) is 0. The number of urea groups is 1. The molecule has 0 heterocycles. The van der Waals surface area contributed by atoms with Crippen LogP contribution in [0, 0.1) is 19.7 Å². The van der Waals surface area contributed by atoms with Crippen LogP contribution in [0.3, 0.4) is 0 Å². The highest BCUT2D eigenvalue weighted by molar-refractivity contribution is 5.91. The first-order valence-corrected chi connectivity index (χ1v) is 7.50. The Labute approximate surface area is 145 Å². The van der Waals surface area contributed by atoms with Gasteiger partial charge in [-0.1, -0.05) is 6.07 Å². The highest BCUT2D eigenvalue weighted by atomic mass is 19.1. The van der Waals surface area contributed by atoms with Gasteiger partial charge in [-0.3, -0.25) is 5.01 Å². The van der Waals surface area contributed by atoms with Gasteiger partial charge in [0.1, 0.15) is 23.9 Å². The summed E-state index contributed by atoms with van der Waals surface area (Å²) in [5.74, 6) is 11.2. The van der Waals surface area contributed by atoms with Crippen LogP contribution in [0.4, 0.5) is 14.9 Å². The number of hydrazine groups is 2. The standard InChI is InChI=1S/C17H21FN4O3/c1-10-8-16(11(2)7-15(10)23)25-9-12-13(18)5-4-6-14(12)22(20)17(24)21(3)19/h4-8,23H,9,19-20H2,1-3H3. The molecule has 0 aliphatic heterocycles. The van der Waals surface area contributed by atoms with E-state index in [1.165, 1.54) is 25.2 Å². The molecule has 2 aromatic carbocycles. The molecular formula is C17H21FN4O3. The van der Waals surface area contributed by atoms with Gasteiger partial charge in [-0.05, 0) is 49.2 Å². The molecule has 0 bridgehead atoms. The second-order valence-electron chi connectivity index (χ2n) is 5.69. The van der Waals surface area contributed by atoms with Crippen LogP contribution >= 0.6 is 0 Å². The molecule has 2 aromatic rings. The largest absolute Gasteiger partial charge is 0.508 e. The summed E-state index contributed by atoms with van der Waals surface area (Å²) in [4.78, 5) is 11.9. The minimum Gasteiger partial charge on any atom is -0.508 e. The molecule has 0 spiro atoms. The van der Waals surface area contributed by atoms with Crippen LogP contribution in [0.2, 0.25) is 0 Å². The Balaban J connectivity index is 2.31. The lowest BCUT2D eigenvalue weighted by Crippen LogP contribution is -2.49. The SMILES string of the molecule is Cc1cc(OCc2c(F)cccc2N(N)C(=O)N(C)N)c(C)cc1O. The lowest BCUT2D eigenvalue weighted by Gasteiger charge is -2.23. The van der Waals surface area contributed by atoms with Crippen LogP contribution in [0.1, 0.15) is 16.7 Å². The Morgan fingerprint density at radius 1 is 1.24 bits per heavy atom. The molecule has 0 aliphatic carbocycles. The van der Waals surface area contributed by atoms with E-state index in [0.29, 0.717) is 16.9 Å². The zero-order valence-corrected chi connectivity index (χ0v) is 14.3. The van der Waals surface area contributed by atoms with Crippen molar-refractivity contribution in [2.24, 2.45) is 11.7 Å². The van der Waals surface area contributed by atoms with Crippen molar-refractivity contribution in [2.45, 2.75) is 20.5 Å². The van der Waals surface area contributed by atoms with Gasteiger partial charge in [0, 0.05) is 7.05 Å². The van der Waals surface area contributed by atoms with Crippen molar-refractivity contribution in [1.29, 1.82) is 0 Å². The molecule has 5 N–H and O–H groups in total. The maximum absolute atomic E-state index is 14.3. The van der Waals surface area contributed by atoms with E-state index < -0.39 is 11.8 Å². The second kappa shape index (κ2) is 7.37. The molecule has 0 atom stereocenters. The number of ether oxygens (including phenoxy) is 1. The van der Waals surface area contributed by atoms with Gasteiger partial charge in [-0.15, -0.1) is 0 Å². The predicted octanol–water partition coefficient (Wildman–Crippen LogP) is 2.33. The minimum absolute atomic E-state index is 0.116. The van der Waals surface area contributed by atoms with E-state index in [9.17, 15) is 14.3 Å². The van der Waals surface area contributed by atoms with Gasteiger partial charge in [-0.2, -0.15) is 0 Å². The van der Waals surface area contributed by atoms with Crippen LogP contribution in [-0.4, -0.2) is 23.2 Å². The second-order valence-corrected chi connectivity index (χ2v) is 5.69. The lowest BCUT2D eigenvalue weighted by molar-refractivity contribution is 0.216. The molecule has 134 valence electrons. The molecule has 0 aromatic heterocycles. The molecule has 2 amide bonds. The maximum atomic E-state index is 14.3. The number of phenolic OH excluding ortho intramolecular Hbond substituents is 1. The summed E-state index contributed by atoms with van der Waals surface area (Å²) < 4.78 is 19.9. The normalized spacial score (nSPS) is 10.5. The Bertz CT molecular complexity index is 796. The third-order valence-electron chi connectivity index (χ3n) is 3.73. The number of hydrogen-bond donors (Lipinski definition) is 3. The molecule has 0 aliphatic rings. The van der Waals surface area contributed by atoms with Crippen molar-refractivity contribution >= 4 is 11.7 Å². The quantitative estimate of drug-likeness (QED) is 0.447. The number of aromatic hydroxyl groups is 1. The van der Waals surface area contributed by atoms with Gasteiger partial charge in [-0.25, -0.2) is 25.9 Å². The van der Waals surface area contributed by atoms with E-state index in [0.717, 1.165) is 10.0 Å². The summed E-state index contributed by atoms with van der Waals surface area (Å²) >= 11 is 0.